The Bertz CT molecular complexity index is 723. The molecule has 5 nitrogen and oxygen atoms in total. The summed E-state index contributed by atoms with van der Waals surface area (Å²) in [5, 5.41) is 14.5. The maximum Gasteiger partial charge on any atom is 0.164 e. The Morgan fingerprint density at radius 2 is 2.24 bits per heavy atom. The van der Waals surface area contributed by atoms with E-state index in [2.05, 4.69) is 49.4 Å². The summed E-state index contributed by atoms with van der Waals surface area (Å²) in [6.07, 6.45) is 5.70. The van der Waals surface area contributed by atoms with E-state index in [-0.39, 0.29) is 16.6 Å². The van der Waals surface area contributed by atoms with E-state index in [1.807, 2.05) is 5.01 Å². The Morgan fingerprint density at radius 3 is 2.86 bits per heavy atom. The molecule has 0 saturated carbocycles. The molecule has 7 heteroatoms. The van der Waals surface area contributed by atoms with E-state index in [1.54, 1.807) is 18.2 Å². The number of nitrogens with zero attached hydrogens (tertiary/aromatic N) is 3. The number of benzene rings is 1. The maximum atomic E-state index is 14.5. The van der Waals surface area contributed by atoms with Crippen LogP contribution in [0, 0.1) is 11.7 Å². The fourth-order valence-corrected chi connectivity index (χ4v) is 3.94. The van der Waals surface area contributed by atoms with Gasteiger partial charge >= 0.3 is 0 Å². The number of nitrogens with one attached hydrogen (secondary N) is 1. The van der Waals surface area contributed by atoms with Gasteiger partial charge in [-0.3, -0.25) is 5.01 Å². The number of anilines is 1. The van der Waals surface area contributed by atoms with Crippen molar-refractivity contribution in [3.8, 4) is 0 Å². The average molecular weight is 424 g/mol. The second-order valence-electron chi connectivity index (χ2n) is 8.03. The number of hydrogen-bond acceptors (Lipinski definition) is 5. The molecule has 0 saturated heterocycles. The highest BCUT2D eigenvalue weighted by atomic mass is 35.5. The Morgan fingerprint density at radius 1 is 1.48 bits per heavy atom. The van der Waals surface area contributed by atoms with Crippen LogP contribution in [0.1, 0.15) is 53.4 Å². The fraction of sp³-hybridized carbons (Fsp3) is 0.636. The normalized spacial score (nSPS) is 23.3. The third-order valence-electron chi connectivity index (χ3n) is 5.88. The number of hydrogen-bond donors (Lipinski definition) is 2. The summed E-state index contributed by atoms with van der Waals surface area (Å²) in [6, 6.07) is 5.07. The largest absolute Gasteiger partial charge is 0.376 e. The molecule has 0 aromatic heterocycles. The molecule has 0 amide bonds. The van der Waals surface area contributed by atoms with Crippen molar-refractivity contribution in [1.29, 1.82) is 0 Å². The quantitative estimate of drug-likeness (QED) is 0.466. The fourth-order valence-electron chi connectivity index (χ4n) is 3.76. The molecule has 0 aliphatic carbocycles. The van der Waals surface area contributed by atoms with Gasteiger partial charge in [-0.1, -0.05) is 55.3 Å². The van der Waals surface area contributed by atoms with Crippen molar-refractivity contribution in [2.24, 2.45) is 22.0 Å². The molecule has 0 fully saturated rings. The summed E-state index contributed by atoms with van der Waals surface area (Å²) in [5.41, 5.74) is 7.25. The lowest BCUT2D eigenvalue weighted by Crippen LogP contribution is -2.44. The molecule has 2 unspecified atom stereocenters. The molecular weight excluding hydrogens is 389 g/mol. The van der Waals surface area contributed by atoms with Crippen LogP contribution < -0.4 is 11.1 Å². The third-order valence-corrected chi connectivity index (χ3v) is 6.17. The van der Waals surface area contributed by atoms with Gasteiger partial charge in [-0.25, -0.2) is 4.39 Å². The zero-order chi connectivity index (χ0) is 21.4. The van der Waals surface area contributed by atoms with Crippen molar-refractivity contribution < 1.29 is 4.39 Å². The van der Waals surface area contributed by atoms with Gasteiger partial charge in [-0.05, 0) is 51.3 Å². The molecule has 1 heterocycles. The van der Waals surface area contributed by atoms with E-state index >= 15 is 0 Å². The molecule has 0 radical (unpaired) electrons. The van der Waals surface area contributed by atoms with Gasteiger partial charge in [-0.2, -0.15) is 5.11 Å². The van der Waals surface area contributed by atoms with Crippen molar-refractivity contribution in [3.63, 3.8) is 0 Å². The smallest absolute Gasteiger partial charge is 0.164 e. The third kappa shape index (κ3) is 6.16. The van der Waals surface area contributed by atoms with E-state index in [4.69, 9.17) is 17.3 Å². The number of allylic oxidation sites excluding steroid dienone is 1. The van der Waals surface area contributed by atoms with Gasteiger partial charge in [0, 0.05) is 25.0 Å². The minimum absolute atomic E-state index is 0.00998. The van der Waals surface area contributed by atoms with Crippen LogP contribution >= 0.6 is 11.6 Å². The highest BCUT2D eigenvalue weighted by molar-refractivity contribution is 6.31. The van der Waals surface area contributed by atoms with Crippen LogP contribution in [-0.2, 0) is 0 Å². The van der Waals surface area contributed by atoms with Crippen LogP contribution in [0.5, 0.6) is 0 Å². The Labute approximate surface area is 179 Å². The standard InChI is InChI=1S/C22H35ClFN5/c1-5-8-17(6-2)19(26-20-10-7-9-18(23)21(20)24)11-14-29-15-16(3)22(4,12-13-25)27-28-29/h7-10,16,19,26H,5-6,11-15,25H2,1-4H3/b17-8+/t16-,19?,22?/m1/s1. The number of nitrogens with two attached hydrogens (primary N) is 1. The first-order valence-electron chi connectivity index (χ1n) is 10.6. The maximum absolute atomic E-state index is 14.5. The summed E-state index contributed by atoms with van der Waals surface area (Å²) in [4.78, 5) is 0. The van der Waals surface area contributed by atoms with Crippen LogP contribution in [0.4, 0.5) is 10.1 Å². The van der Waals surface area contributed by atoms with Crippen LogP contribution in [0.15, 0.2) is 40.2 Å². The summed E-state index contributed by atoms with van der Waals surface area (Å²) < 4.78 is 14.5. The van der Waals surface area contributed by atoms with Crippen molar-refractivity contribution in [2.75, 3.05) is 25.0 Å². The first kappa shape index (κ1) is 23.6. The van der Waals surface area contributed by atoms with Gasteiger partial charge < -0.3 is 11.1 Å². The molecule has 0 spiro atoms. The zero-order valence-corrected chi connectivity index (χ0v) is 18.8. The number of halogens is 2. The molecule has 3 atom stereocenters. The van der Waals surface area contributed by atoms with Crippen LogP contribution in [0.2, 0.25) is 5.02 Å². The van der Waals surface area contributed by atoms with Crippen molar-refractivity contribution >= 4 is 17.3 Å². The highest BCUT2D eigenvalue weighted by Gasteiger charge is 2.35. The molecule has 1 aliphatic rings. The first-order valence-corrected chi connectivity index (χ1v) is 11.0. The second-order valence-corrected chi connectivity index (χ2v) is 8.43. The molecule has 3 N–H and O–H groups in total. The average Bonchev–Trinajstić information content (AvgIpc) is 2.69. The predicted molar refractivity (Wildman–Crippen MR) is 120 cm³/mol. The van der Waals surface area contributed by atoms with Gasteiger partial charge in [0.25, 0.3) is 0 Å². The number of rotatable bonds is 10. The van der Waals surface area contributed by atoms with Crippen molar-refractivity contribution in [1.82, 2.24) is 5.01 Å². The summed E-state index contributed by atoms with van der Waals surface area (Å²) in [7, 11) is 0. The Kier molecular flexibility index (Phi) is 8.90. The Hall–Kier alpha value is -1.66. The predicted octanol–water partition coefficient (Wildman–Crippen LogP) is 5.82. The highest BCUT2D eigenvalue weighted by Crippen LogP contribution is 2.31. The van der Waals surface area contributed by atoms with E-state index in [0.29, 0.717) is 18.2 Å². The zero-order valence-electron chi connectivity index (χ0n) is 18.1. The SMILES string of the molecule is CC/C=C(\CC)C(CCN1C[C@@H](C)C(C)(CCN)N=N1)Nc1cccc(Cl)c1F. The molecule has 29 heavy (non-hydrogen) atoms. The lowest BCUT2D eigenvalue weighted by Gasteiger charge is -2.38. The van der Waals surface area contributed by atoms with E-state index in [9.17, 15) is 4.39 Å². The van der Waals surface area contributed by atoms with Gasteiger partial charge in [0.2, 0.25) is 0 Å². The van der Waals surface area contributed by atoms with Crippen LogP contribution in [0.3, 0.4) is 0 Å². The van der Waals surface area contributed by atoms with E-state index < -0.39 is 5.82 Å². The van der Waals surface area contributed by atoms with Crippen molar-refractivity contribution in [2.45, 2.75) is 65.0 Å². The van der Waals surface area contributed by atoms with Gasteiger partial charge in [-0.15, -0.1) is 0 Å². The molecule has 0 bridgehead atoms. The lowest BCUT2D eigenvalue weighted by atomic mass is 9.84. The molecule has 1 aromatic rings. The van der Waals surface area contributed by atoms with E-state index in [1.165, 1.54) is 5.57 Å². The second kappa shape index (κ2) is 10.9. The Balaban J connectivity index is 2.12. The minimum Gasteiger partial charge on any atom is -0.376 e. The monoisotopic (exact) mass is 423 g/mol. The summed E-state index contributed by atoms with van der Waals surface area (Å²) >= 11 is 5.96. The molecule has 2 rings (SSSR count). The van der Waals surface area contributed by atoms with Crippen LogP contribution in [-0.4, -0.2) is 36.2 Å². The van der Waals surface area contributed by atoms with Gasteiger partial charge in [0.1, 0.15) is 0 Å². The first-order chi connectivity index (χ1) is 13.8. The van der Waals surface area contributed by atoms with Gasteiger partial charge in [0.15, 0.2) is 5.82 Å². The molecule has 162 valence electrons. The van der Waals surface area contributed by atoms with Crippen LogP contribution in [0.25, 0.3) is 0 Å². The minimum atomic E-state index is -0.407. The van der Waals surface area contributed by atoms with E-state index in [0.717, 1.165) is 38.8 Å². The molecule has 1 aromatic carbocycles. The summed E-state index contributed by atoms with van der Waals surface area (Å²) in [6.45, 7) is 10.8. The molecular formula is C22H35ClFN5. The topological polar surface area (TPSA) is 66.0 Å². The summed E-state index contributed by atoms with van der Waals surface area (Å²) in [5.74, 6) is -0.0351. The van der Waals surface area contributed by atoms with Gasteiger partial charge in [0.05, 0.1) is 16.2 Å². The van der Waals surface area contributed by atoms with Crippen molar-refractivity contribution in [3.05, 3.63) is 40.7 Å². The molecule has 1 aliphatic heterocycles. The lowest BCUT2D eigenvalue weighted by molar-refractivity contribution is 0.119.